The van der Waals surface area contributed by atoms with Crippen LogP contribution >= 0.6 is 0 Å². The van der Waals surface area contributed by atoms with E-state index < -0.39 is 11.7 Å². The van der Waals surface area contributed by atoms with Gasteiger partial charge in [0, 0.05) is 50.4 Å². The molecular weight excluding hydrogens is 373 g/mol. The summed E-state index contributed by atoms with van der Waals surface area (Å²) in [6.07, 6.45) is 1.34. The molecule has 1 saturated carbocycles. The molecule has 1 aromatic heterocycles. The molecule has 0 radical (unpaired) electrons. The number of hydrogen-bond donors (Lipinski definition) is 2. The molecule has 1 amide bonds. The lowest BCUT2D eigenvalue weighted by Crippen LogP contribution is -2.45. The second kappa shape index (κ2) is 7.87. The van der Waals surface area contributed by atoms with Gasteiger partial charge in [0.15, 0.2) is 0 Å². The van der Waals surface area contributed by atoms with Crippen molar-refractivity contribution in [2.75, 3.05) is 25.2 Å². The molecule has 0 aromatic carbocycles. The fraction of sp³-hybridized carbons (Fsp3) is 0.684. The first-order valence-corrected chi connectivity index (χ1v) is 9.88. The predicted molar refractivity (Wildman–Crippen MR) is 96.4 cm³/mol. The number of aromatic nitrogens is 1. The number of carbonyl (C=O) groups is 1. The number of fused-ring (bicyclic) bond motifs is 1. The van der Waals surface area contributed by atoms with E-state index in [0.29, 0.717) is 30.7 Å². The van der Waals surface area contributed by atoms with Gasteiger partial charge in [-0.2, -0.15) is 13.2 Å². The van der Waals surface area contributed by atoms with Gasteiger partial charge in [0.2, 0.25) is 5.91 Å². The maximum Gasteiger partial charge on any atom is 0.417 e. The van der Waals surface area contributed by atoms with E-state index in [1.807, 2.05) is 0 Å². The van der Waals surface area contributed by atoms with Crippen LogP contribution in [0.3, 0.4) is 0 Å². The Hall–Kier alpha value is -1.87. The number of ether oxygens (including phenoxy) is 1. The van der Waals surface area contributed by atoms with E-state index in [9.17, 15) is 18.0 Å². The molecule has 1 saturated heterocycles. The lowest BCUT2D eigenvalue weighted by molar-refractivity contribution is -0.137. The summed E-state index contributed by atoms with van der Waals surface area (Å²) in [7, 11) is 0. The lowest BCUT2D eigenvalue weighted by atomic mass is 10.0. The normalized spacial score (nSPS) is 26.0. The van der Waals surface area contributed by atoms with Gasteiger partial charge in [-0.1, -0.05) is 0 Å². The third kappa shape index (κ3) is 4.25. The second-order valence-electron chi connectivity index (χ2n) is 7.83. The zero-order valence-electron chi connectivity index (χ0n) is 15.6. The van der Waals surface area contributed by atoms with Crippen LogP contribution in [0.1, 0.15) is 43.4 Å². The van der Waals surface area contributed by atoms with Gasteiger partial charge in [-0.05, 0) is 38.2 Å². The van der Waals surface area contributed by atoms with E-state index in [-0.39, 0.29) is 17.5 Å². The average molecular weight is 398 g/mol. The van der Waals surface area contributed by atoms with Crippen LogP contribution in [-0.2, 0) is 22.1 Å². The Morgan fingerprint density at radius 1 is 1.21 bits per heavy atom. The molecule has 9 heteroatoms. The number of hydrazine groups is 1. The third-order valence-electron chi connectivity index (χ3n) is 5.87. The number of anilines is 1. The second-order valence-corrected chi connectivity index (χ2v) is 7.83. The van der Waals surface area contributed by atoms with Crippen molar-refractivity contribution in [2.24, 2.45) is 5.92 Å². The number of hydrogen-bond acceptors (Lipinski definition) is 5. The topological polar surface area (TPSA) is 66.5 Å². The molecule has 3 aliphatic rings. The summed E-state index contributed by atoms with van der Waals surface area (Å²) in [6.45, 7) is 1.97. The van der Waals surface area contributed by atoms with Crippen LogP contribution in [0.15, 0.2) is 12.3 Å². The van der Waals surface area contributed by atoms with Crippen molar-refractivity contribution in [3.63, 3.8) is 0 Å². The van der Waals surface area contributed by atoms with Crippen molar-refractivity contribution in [1.82, 2.24) is 15.3 Å². The quantitative estimate of drug-likeness (QED) is 0.820. The van der Waals surface area contributed by atoms with Gasteiger partial charge >= 0.3 is 6.18 Å². The molecule has 6 nitrogen and oxygen atoms in total. The van der Waals surface area contributed by atoms with Crippen LogP contribution in [0.4, 0.5) is 18.9 Å². The van der Waals surface area contributed by atoms with Crippen LogP contribution in [0, 0.1) is 5.92 Å². The van der Waals surface area contributed by atoms with Gasteiger partial charge in [-0.3, -0.25) is 20.2 Å². The first-order chi connectivity index (χ1) is 13.4. The molecule has 2 aliphatic heterocycles. The smallest absolute Gasteiger partial charge is 0.381 e. The Labute approximate surface area is 161 Å². The molecule has 2 unspecified atom stereocenters. The van der Waals surface area contributed by atoms with E-state index in [4.69, 9.17) is 4.74 Å². The minimum atomic E-state index is -4.45. The molecule has 1 aliphatic carbocycles. The molecule has 0 bridgehead atoms. The highest BCUT2D eigenvalue weighted by atomic mass is 19.4. The molecule has 3 heterocycles. The number of carbonyl (C=O) groups excluding carboxylic acids is 1. The molecule has 2 atom stereocenters. The van der Waals surface area contributed by atoms with Crippen molar-refractivity contribution >= 4 is 11.6 Å². The number of pyridine rings is 1. The summed E-state index contributed by atoms with van der Waals surface area (Å²) in [5, 5.41) is 5.10. The Bertz CT molecular complexity index is 722. The van der Waals surface area contributed by atoms with Gasteiger partial charge in [0.25, 0.3) is 0 Å². The Morgan fingerprint density at radius 2 is 2.00 bits per heavy atom. The first-order valence-electron chi connectivity index (χ1n) is 9.88. The third-order valence-corrected chi connectivity index (χ3v) is 5.87. The summed E-state index contributed by atoms with van der Waals surface area (Å²) in [5.74, 6) is -0.149. The van der Waals surface area contributed by atoms with Gasteiger partial charge in [0.1, 0.15) is 0 Å². The molecule has 2 N–H and O–H groups in total. The van der Waals surface area contributed by atoms with Crippen molar-refractivity contribution < 1.29 is 22.7 Å². The Morgan fingerprint density at radius 3 is 2.75 bits per heavy atom. The monoisotopic (exact) mass is 398 g/mol. The number of amides is 1. The standard InChI is InChI=1S/C19H25F3N4O2/c20-19(21,22)13-10-17-16(23-11-13)3-6-26(25-17)18(27)12-1-2-15(9-12)24-14-4-7-28-8-5-14/h10-12,14-15,24-25H,1-9H2. The van der Waals surface area contributed by atoms with Crippen molar-refractivity contribution in [3.05, 3.63) is 23.5 Å². The zero-order valence-corrected chi connectivity index (χ0v) is 15.6. The van der Waals surface area contributed by atoms with Crippen LogP contribution in [0.2, 0.25) is 0 Å². The van der Waals surface area contributed by atoms with Gasteiger partial charge in [0.05, 0.1) is 16.9 Å². The molecule has 1 aromatic rings. The summed E-state index contributed by atoms with van der Waals surface area (Å²) >= 11 is 0. The summed E-state index contributed by atoms with van der Waals surface area (Å²) in [5.41, 5.74) is 2.88. The van der Waals surface area contributed by atoms with Crippen LogP contribution < -0.4 is 10.7 Å². The molecule has 4 rings (SSSR count). The zero-order chi connectivity index (χ0) is 19.7. The minimum absolute atomic E-state index is 0.0423. The molecular formula is C19H25F3N4O2. The highest BCUT2D eigenvalue weighted by Crippen LogP contribution is 2.34. The number of alkyl halides is 3. The van der Waals surface area contributed by atoms with Gasteiger partial charge < -0.3 is 10.1 Å². The summed E-state index contributed by atoms with van der Waals surface area (Å²) < 4.78 is 44.2. The predicted octanol–water partition coefficient (Wildman–Crippen LogP) is 2.75. The van der Waals surface area contributed by atoms with Crippen LogP contribution in [0.5, 0.6) is 0 Å². The van der Waals surface area contributed by atoms with Gasteiger partial charge in [-0.15, -0.1) is 0 Å². The molecule has 0 spiro atoms. The molecule has 2 fully saturated rings. The number of nitrogens with zero attached hydrogens (tertiary/aromatic N) is 2. The average Bonchev–Trinajstić information content (AvgIpc) is 3.15. The van der Waals surface area contributed by atoms with Crippen LogP contribution in [0.25, 0.3) is 0 Å². The van der Waals surface area contributed by atoms with E-state index >= 15 is 0 Å². The van der Waals surface area contributed by atoms with E-state index in [1.54, 1.807) is 0 Å². The largest absolute Gasteiger partial charge is 0.417 e. The maximum atomic E-state index is 12.9. The fourth-order valence-electron chi connectivity index (χ4n) is 4.30. The SMILES string of the molecule is O=C(C1CCC(NC2CCOCC2)C1)N1CCc2ncc(C(F)(F)F)cc2N1. The molecule has 154 valence electrons. The highest BCUT2D eigenvalue weighted by Gasteiger charge is 2.36. The van der Waals surface area contributed by atoms with E-state index in [0.717, 1.165) is 57.6 Å². The Balaban J connectivity index is 1.36. The number of nitrogens with one attached hydrogen (secondary N) is 2. The summed E-state index contributed by atoms with van der Waals surface area (Å²) in [6, 6.07) is 1.79. The number of rotatable bonds is 3. The number of halogens is 3. The van der Waals surface area contributed by atoms with Crippen molar-refractivity contribution in [3.8, 4) is 0 Å². The Kier molecular flexibility index (Phi) is 5.46. The van der Waals surface area contributed by atoms with Crippen molar-refractivity contribution in [1.29, 1.82) is 0 Å². The summed E-state index contributed by atoms with van der Waals surface area (Å²) in [4.78, 5) is 16.8. The lowest BCUT2D eigenvalue weighted by Gasteiger charge is -2.32. The highest BCUT2D eigenvalue weighted by molar-refractivity contribution is 5.81. The first kappa shape index (κ1) is 19.4. The molecule has 28 heavy (non-hydrogen) atoms. The maximum absolute atomic E-state index is 12.9. The minimum Gasteiger partial charge on any atom is -0.381 e. The fourth-order valence-corrected chi connectivity index (χ4v) is 4.30. The van der Waals surface area contributed by atoms with Gasteiger partial charge in [-0.25, -0.2) is 0 Å². The van der Waals surface area contributed by atoms with E-state index in [2.05, 4.69) is 15.7 Å². The van der Waals surface area contributed by atoms with Crippen molar-refractivity contribution in [2.45, 2.75) is 56.8 Å². The van der Waals surface area contributed by atoms with E-state index in [1.165, 1.54) is 5.01 Å². The van der Waals surface area contributed by atoms with Crippen LogP contribution in [-0.4, -0.2) is 47.7 Å².